The van der Waals surface area contributed by atoms with Crippen LogP contribution in [0.4, 0.5) is 0 Å². The summed E-state index contributed by atoms with van der Waals surface area (Å²) in [5.41, 5.74) is 0.744. The fraction of sp³-hybridized carbons (Fsp3) is 0.167. The molecule has 0 spiro atoms. The number of aromatic nitrogens is 1. The Bertz CT molecular complexity index is 512. The van der Waals surface area contributed by atoms with E-state index in [-0.39, 0.29) is 12.1 Å². The zero-order chi connectivity index (χ0) is 12.3. The van der Waals surface area contributed by atoms with Gasteiger partial charge in [-0.25, -0.2) is 4.79 Å². The van der Waals surface area contributed by atoms with Gasteiger partial charge in [-0.1, -0.05) is 6.07 Å². The Morgan fingerprint density at radius 2 is 2.29 bits per heavy atom. The van der Waals surface area contributed by atoms with Gasteiger partial charge in [0.25, 0.3) is 0 Å². The molecule has 88 valence electrons. The van der Waals surface area contributed by atoms with Crippen LogP contribution in [0.1, 0.15) is 28.4 Å². The van der Waals surface area contributed by atoms with Gasteiger partial charge in [0.1, 0.15) is 11.0 Å². The zero-order valence-corrected chi connectivity index (χ0v) is 11.5. The number of halogens is 1. The molecule has 0 fully saturated rings. The predicted octanol–water partition coefficient (Wildman–Crippen LogP) is 3.82. The molecule has 2 aromatic heterocycles. The van der Waals surface area contributed by atoms with Crippen LogP contribution in [0.3, 0.4) is 0 Å². The average molecular weight is 312 g/mol. The minimum atomic E-state index is -0.349. The van der Waals surface area contributed by atoms with Gasteiger partial charge in [-0.3, -0.25) is 4.98 Å². The van der Waals surface area contributed by atoms with Crippen LogP contribution >= 0.6 is 27.3 Å². The number of pyridine rings is 1. The average Bonchev–Trinajstić information content (AvgIpc) is 2.76. The van der Waals surface area contributed by atoms with Gasteiger partial charge in [0.05, 0.1) is 5.69 Å². The van der Waals surface area contributed by atoms with Crippen molar-refractivity contribution in [2.45, 2.75) is 13.0 Å². The van der Waals surface area contributed by atoms with Crippen molar-refractivity contribution >= 4 is 33.2 Å². The first kappa shape index (κ1) is 12.3. The second-order valence-corrected chi connectivity index (χ2v) is 5.17. The van der Waals surface area contributed by atoms with Crippen molar-refractivity contribution in [3.8, 4) is 0 Å². The van der Waals surface area contributed by atoms with Gasteiger partial charge in [0, 0.05) is 10.7 Å². The van der Waals surface area contributed by atoms with Gasteiger partial charge in [-0.15, -0.1) is 11.3 Å². The molecule has 0 saturated heterocycles. The number of nitrogens with zero attached hydrogens (tertiary/aromatic N) is 1. The number of esters is 1. The third kappa shape index (κ3) is 2.92. The van der Waals surface area contributed by atoms with Crippen molar-refractivity contribution in [2.24, 2.45) is 0 Å². The summed E-state index contributed by atoms with van der Waals surface area (Å²) in [5, 5.41) is 1.84. The highest BCUT2D eigenvalue weighted by Crippen LogP contribution is 2.25. The minimum Gasteiger partial charge on any atom is -0.452 e. The van der Waals surface area contributed by atoms with E-state index in [9.17, 15) is 4.79 Å². The molecule has 0 N–H and O–H groups in total. The summed E-state index contributed by atoms with van der Waals surface area (Å²) in [6.07, 6.45) is 1.33. The molecule has 1 atom stereocenters. The van der Waals surface area contributed by atoms with Crippen LogP contribution in [-0.2, 0) is 4.74 Å². The number of hydrogen-bond acceptors (Lipinski definition) is 4. The van der Waals surface area contributed by atoms with Gasteiger partial charge < -0.3 is 4.74 Å². The number of ether oxygens (including phenoxy) is 1. The summed E-state index contributed by atoms with van der Waals surface area (Å²) >= 11 is 4.66. The molecule has 0 aliphatic rings. The van der Waals surface area contributed by atoms with Crippen LogP contribution < -0.4 is 0 Å². The summed E-state index contributed by atoms with van der Waals surface area (Å²) in [4.78, 5) is 16.6. The fourth-order valence-electron chi connectivity index (χ4n) is 1.33. The van der Waals surface area contributed by atoms with Crippen LogP contribution in [0.2, 0.25) is 0 Å². The van der Waals surface area contributed by atoms with E-state index in [0.29, 0.717) is 4.88 Å². The highest BCUT2D eigenvalue weighted by Gasteiger charge is 2.17. The molecule has 0 saturated carbocycles. The van der Waals surface area contributed by atoms with E-state index in [1.807, 2.05) is 36.6 Å². The largest absolute Gasteiger partial charge is 0.452 e. The Kier molecular flexibility index (Phi) is 3.91. The molecule has 0 aliphatic carbocycles. The van der Waals surface area contributed by atoms with Crippen LogP contribution in [0, 0.1) is 0 Å². The van der Waals surface area contributed by atoms with Crippen molar-refractivity contribution in [3.63, 3.8) is 0 Å². The molecule has 2 aromatic rings. The number of carbonyl (C=O) groups is 1. The van der Waals surface area contributed by atoms with E-state index < -0.39 is 0 Å². The molecule has 0 unspecified atom stereocenters. The molecule has 2 rings (SSSR count). The second-order valence-electron chi connectivity index (χ2n) is 3.40. The van der Waals surface area contributed by atoms with Crippen LogP contribution in [0.5, 0.6) is 0 Å². The van der Waals surface area contributed by atoms with Crippen LogP contribution in [0.25, 0.3) is 0 Å². The number of rotatable bonds is 3. The monoisotopic (exact) mass is 311 g/mol. The van der Waals surface area contributed by atoms with Crippen molar-refractivity contribution < 1.29 is 9.53 Å². The molecular weight excluding hydrogens is 302 g/mol. The SMILES string of the molecule is C[C@@H](OC(=O)c1sccc1Br)c1ccccn1. The maximum absolute atomic E-state index is 11.8. The molecule has 0 aromatic carbocycles. The van der Waals surface area contributed by atoms with Gasteiger partial charge in [-0.2, -0.15) is 0 Å². The highest BCUT2D eigenvalue weighted by atomic mass is 79.9. The Morgan fingerprint density at radius 1 is 1.47 bits per heavy atom. The van der Waals surface area contributed by atoms with E-state index in [4.69, 9.17) is 4.74 Å². The van der Waals surface area contributed by atoms with Crippen LogP contribution in [0.15, 0.2) is 40.3 Å². The number of hydrogen-bond donors (Lipinski definition) is 0. The van der Waals surface area contributed by atoms with E-state index in [1.165, 1.54) is 11.3 Å². The lowest BCUT2D eigenvalue weighted by Gasteiger charge is -2.11. The Balaban J connectivity index is 2.08. The van der Waals surface area contributed by atoms with Crippen molar-refractivity contribution in [1.82, 2.24) is 4.98 Å². The van der Waals surface area contributed by atoms with E-state index in [0.717, 1.165) is 10.2 Å². The molecule has 0 radical (unpaired) electrons. The van der Waals surface area contributed by atoms with Gasteiger partial charge >= 0.3 is 5.97 Å². The first-order valence-electron chi connectivity index (χ1n) is 5.03. The maximum atomic E-state index is 11.8. The molecule has 0 aliphatic heterocycles. The molecule has 0 amide bonds. The van der Waals surface area contributed by atoms with E-state index >= 15 is 0 Å². The number of thiophene rings is 1. The lowest BCUT2D eigenvalue weighted by Crippen LogP contribution is -2.09. The minimum absolute atomic E-state index is 0.329. The lowest BCUT2D eigenvalue weighted by atomic mass is 10.2. The normalized spacial score (nSPS) is 12.1. The molecule has 3 nitrogen and oxygen atoms in total. The summed E-state index contributed by atoms with van der Waals surface area (Å²) in [5.74, 6) is -0.329. The third-order valence-corrected chi connectivity index (χ3v) is 4.01. The molecule has 0 bridgehead atoms. The lowest BCUT2D eigenvalue weighted by molar-refractivity contribution is 0.0334. The van der Waals surface area contributed by atoms with Gasteiger partial charge in [0.15, 0.2) is 0 Å². The smallest absolute Gasteiger partial charge is 0.350 e. The summed E-state index contributed by atoms with van der Waals surface area (Å²) in [6, 6.07) is 7.36. The molecule has 17 heavy (non-hydrogen) atoms. The second kappa shape index (κ2) is 5.42. The fourth-order valence-corrected chi connectivity index (χ4v) is 2.74. The van der Waals surface area contributed by atoms with Crippen molar-refractivity contribution in [2.75, 3.05) is 0 Å². The van der Waals surface area contributed by atoms with Crippen molar-refractivity contribution in [1.29, 1.82) is 0 Å². The molecular formula is C12H10BrNO2S. The van der Waals surface area contributed by atoms with Gasteiger partial charge in [-0.05, 0) is 46.4 Å². The summed E-state index contributed by atoms with van der Waals surface area (Å²) in [6.45, 7) is 1.81. The Hall–Kier alpha value is -1.20. The zero-order valence-electron chi connectivity index (χ0n) is 9.09. The Morgan fingerprint density at radius 3 is 2.88 bits per heavy atom. The van der Waals surface area contributed by atoms with E-state index in [2.05, 4.69) is 20.9 Å². The maximum Gasteiger partial charge on any atom is 0.350 e. The molecule has 5 heteroatoms. The first-order valence-corrected chi connectivity index (χ1v) is 6.70. The molecule has 2 heterocycles. The summed E-state index contributed by atoms with van der Waals surface area (Å²) in [7, 11) is 0. The standard InChI is InChI=1S/C12H10BrNO2S/c1-8(10-4-2-3-6-14-10)16-12(15)11-9(13)5-7-17-11/h2-8H,1H3/t8-/m1/s1. The van der Waals surface area contributed by atoms with Gasteiger partial charge in [0.2, 0.25) is 0 Å². The highest BCUT2D eigenvalue weighted by molar-refractivity contribution is 9.10. The summed E-state index contributed by atoms with van der Waals surface area (Å²) < 4.78 is 6.11. The third-order valence-electron chi connectivity index (χ3n) is 2.19. The number of carbonyl (C=O) groups excluding carboxylic acids is 1. The van der Waals surface area contributed by atoms with Crippen molar-refractivity contribution in [3.05, 3.63) is 50.9 Å². The van der Waals surface area contributed by atoms with Crippen LogP contribution in [-0.4, -0.2) is 11.0 Å². The Labute approximate surface area is 112 Å². The predicted molar refractivity (Wildman–Crippen MR) is 70.1 cm³/mol. The topological polar surface area (TPSA) is 39.2 Å². The quantitative estimate of drug-likeness (QED) is 0.809. The van der Waals surface area contributed by atoms with E-state index in [1.54, 1.807) is 6.20 Å². The first-order chi connectivity index (χ1) is 8.18.